The molecule has 0 aliphatic carbocycles. The number of halogens is 2. The maximum atomic E-state index is 13.7. The minimum absolute atomic E-state index is 0.0290. The van der Waals surface area contributed by atoms with E-state index in [1.165, 1.54) is 27.7 Å². The molecule has 1 fully saturated rings. The van der Waals surface area contributed by atoms with E-state index in [0.717, 1.165) is 17.1 Å². The molecule has 3 unspecified atom stereocenters. The van der Waals surface area contributed by atoms with E-state index >= 15 is 0 Å². The van der Waals surface area contributed by atoms with Crippen molar-refractivity contribution in [2.24, 2.45) is 0 Å². The maximum absolute atomic E-state index is 13.7. The van der Waals surface area contributed by atoms with Crippen molar-refractivity contribution in [3.63, 3.8) is 0 Å². The van der Waals surface area contributed by atoms with Gasteiger partial charge in [0, 0.05) is 19.7 Å². The molecule has 4 rings (SSSR count). The number of alkyl halides is 2. The summed E-state index contributed by atoms with van der Waals surface area (Å²) in [7, 11) is 4.60. The van der Waals surface area contributed by atoms with Crippen molar-refractivity contribution in [2.75, 3.05) is 37.6 Å². The van der Waals surface area contributed by atoms with Crippen molar-refractivity contribution in [2.45, 2.75) is 44.4 Å². The lowest BCUT2D eigenvalue weighted by atomic mass is 9.96. The molecule has 40 heavy (non-hydrogen) atoms. The minimum Gasteiger partial charge on any atom is -0.496 e. The van der Waals surface area contributed by atoms with Crippen LogP contribution in [0.3, 0.4) is 0 Å². The first-order chi connectivity index (χ1) is 18.9. The van der Waals surface area contributed by atoms with E-state index in [-0.39, 0.29) is 35.8 Å². The van der Waals surface area contributed by atoms with Gasteiger partial charge in [-0.2, -0.15) is 8.78 Å². The predicted molar refractivity (Wildman–Crippen MR) is 158 cm³/mol. The van der Waals surface area contributed by atoms with Crippen molar-refractivity contribution >= 4 is 53.4 Å². The first-order valence-electron chi connectivity index (χ1n) is 12.7. The predicted octanol–water partition coefficient (Wildman–Crippen LogP) is 5.62. The largest absolute Gasteiger partial charge is 0.496 e. The number of hydrogen-bond donors (Lipinski definition) is 2. The fraction of sp³-hybridized carbons (Fsp3) is 0.393. The molecule has 12 heteroatoms. The lowest BCUT2D eigenvalue weighted by Gasteiger charge is -2.46. The van der Waals surface area contributed by atoms with E-state index in [9.17, 15) is 18.4 Å². The molecule has 3 aromatic rings. The van der Waals surface area contributed by atoms with Gasteiger partial charge in [0.1, 0.15) is 11.3 Å². The number of methoxy groups -OCH3 is 2. The highest BCUT2D eigenvalue weighted by molar-refractivity contribution is 7.22. The molecule has 1 saturated heterocycles. The number of aromatic nitrogens is 1. The number of ether oxygens (including phenoxy) is 2. The van der Waals surface area contributed by atoms with Crippen molar-refractivity contribution in [1.29, 1.82) is 0 Å². The van der Waals surface area contributed by atoms with Crippen LogP contribution in [0.1, 0.15) is 46.0 Å². The van der Waals surface area contributed by atoms with E-state index in [1.807, 2.05) is 13.0 Å². The lowest BCUT2D eigenvalue weighted by molar-refractivity contribution is 0.0950. The first kappa shape index (κ1) is 29.8. The molecule has 0 radical (unpaired) electrons. The molecular formula is C28H33F2N4O4PS. The normalized spacial score (nSPS) is 16.9. The molecular weight excluding hydrogens is 557 g/mol. The summed E-state index contributed by atoms with van der Waals surface area (Å²) in [6.07, 6.45) is 0.899. The zero-order chi connectivity index (χ0) is 29.2. The van der Waals surface area contributed by atoms with Crippen LogP contribution in [0.4, 0.5) is 19.6 Å². The molecule has 0 bridgehead atoms. The zero-order valence-corrected chi connectivity index (χ0v) is 24.8. The SMILES string of the molecule is C=C(CCNC(=O)c1cc(C)ccc1NC(=O)c1c(OC)ccc2nc(N3C(C)CC3COC)sc12)C(F)(F)P. The summed E-state index contributed by atoms with van der Waals surface area (Å²) in [4.78, 5) is 33.7. The zero-order valence-electron chi connectivity index (χ0n) is 22.8. The van der Waals surface area contributed by atoms with E-state index < -0.39 is 17.5 Å². The Balaban J connectivity index is 1.60. The van der Waals surface area contributed by atoms with Gasteiger partial charge in [-0.25, -0.2) is 4.98 Å². The van der Waals surface area contributed by atoms with Gasteiger partial charge in [-0.1, -0.05) is 38.8 Å². The highest BCUT2D eigenvalue weighted by Crippen LogP contribution is 2.41. The Morgan fingerprint density at radius 2 is 2.00 bits per heavy atom. The van der Waals surface area contributed by atoms with Crippen LogP contribution in [0.5, 0.6) is 5.75 Å². The average molecular weight is 591 g/mol. The van der Waals surface area contributed by atoms with Crippen LogP contribution in [-0.4, -0.2) is 61.9 Å². The van der Waals surface area contributed by atoms with Crippen molar-refractivity contribution in [1.82, 2.24) is 10.3 Å². The Labute approximate surface area is 238 Å². The van der Waals surface area contributed by atoms with Crippen LogP contribution in [0.2, 0.25) is 0 Å². The number of anilines is 2. The lowest BCUT2D eigenvalue weighted by Crippen LogP contribution is -2.56. The van der Waals surface area contributed by atoms with Gasteiger partial charge in [0.05, 0.1) is 41.2 Å². The summed E-state index contributed by atoms with van der Waals surface area (Å²) >= 11 is 1.41. The Morgan fingerprint density at radius 3 is 2.65 bits per heavy atom. The molecule has 0 saturated carbocycles. The highest BCUT2D eigenvalue weighted by atomic mass is 32.1. The summed E-state index contributed by atoms with van der Waals surface area (Å²) in [6, 6.07) is 9.07. The van der Waals surface area contributed by atoms with Crippen LogP contribution in [0.25, 0.3) is 10.2 Å². The topological polar surface area (TPSA) is 92.8 Å². The molecule has 1 aromatic heterocycles. The van der Waals surface area contributed by atoms with Crippen LogP contribution in [-0.2, 0) is 4.74 Å². The van der Waals surface area contributed by atoms with Gasteiger partial charge in [-0.3, -0.25) is 9.59 Å². The molecule has 214 valence electrons. The van der Waals surface area contributed by atoms with E-state index in [2.05, 4.69) is 29.0 Å². The number of amides is 2. The Kier molecular flexibility index (Phi) is 9.07. The number of nitrogens with one attached hydrogen (secondary N) is 2. The molecule has 2 heterocycles. The smallest absolute Gasteiger partial charge is 0.279 e. The number of hydrogen-bond acceptors (Lipinski definition) is 7. The molecule has 1 aliphatic heterocycles. The molecule has 8 nitrogen and oxygen atoms in total. The van der Waals surface area contributed by atoms with Gasteiger partial charge >= 0.3 is 0 Å². The fourth-order valence-corrected chi connectivity index (χ4v) is 6.13. The number of carbonyl (C=O) groups excluding carboxylic acids is 2. The molecule has 1 aliphatic rings. The van der Waals surface area contributed by atoms with Crippen LogP contribution in [0.15, 0.2) is 42.5 Å². The Morgan fingerprint density at radius 1 is 1.25 bits per heavy atom. The van der Waals surface area contributed by atoms with E-state index in [4.69, 9.17) is 14.5 Å². The van der Waals surface area contributed by atoms with Crippen LogP contribution < -0.4 is 20.3 Å². The molecule has 0 spiro atoms. The van der Waals surface area contributed by atoms with E-state index in [1.54, 1.807) is 31.4 Å². The van der Waals surface area contributed by atoms with Gasteiger partial charge < -0.3 is 25.0 Å². The van der Waals surface area contributed by atoms with Gasteiger partial charge in [0.25, 0.3) is 17.5 Å². The molecule has 2 N–H and O–H groups in total. The standard InChI is InChI=1S/C28H33F2N4O4PS/c1-15-6-7-20(19(12-15)25(35)31-11-10-16(2)28(29,30)39)32-26(36)23-22(38-5)9-8-21-24(23)40-27(33-21)34-17(3)13-18(34)14-37-4/h6-9,12,17-18H,2,10-11,13-14,39H2,1,3-5H3,(H,31,35)(H,32,36). The summed E-state index contributed by atoms with van der Waals surface area (Å²) in [6.45, 7) is 7.87. The minimum atomic E-state index is -3.11. The summed E-state index contributed by atoms with van der Waals surface area (Å²) in [5, 5.41) is 6.29. The number of thiazole rings is 1. The molecule has 2 amide bonds. The molecule has 2 aromatic carbocycles. The number of benzene rings is 2. The summed E-state index contributed by atoms with van der Waals surface area (Å²) < 4.78 is 38.3. The summed E-state index contributed by atoms with van der Waals surface area (Å²) in [5.41, 5.74) is -1.15. The monoisotopic (exact) mass is 590 g/mol. The number of aryl methyl sites for hydroxylation is 1. The quantitative estimate of drug-likeness (QED) is 0.222. The number of nitrogens with zero attached hydrogens (tertiary/aromatic N) is 2. The maximum Gasteiger partial charge on any atom is 0.279 e. The second kappa shape index (κ2) is 12.2. The third-order valence-electron chi connectivity index (χ3n) is 6.87. The molecule has 3 atom stereocenters. The van der Waals surface area contributed by atoms with Crippen molar-refractivity contribution < 1.29 is 27.8 Å². The van der Waals surface area contributed by atoms with Crippen LogP contribution >= 0.6 is 20.6 Å². The number of rotatable bonds is 11. The number of fused-ring (bicyclic) bond motifs is 1. The van der Waals surface area contributed by atoms with E-state index in [0.29, 0.717) is 34.2 Å². The van der Waals surface area contributed by atoms with Gasteiger partial charge in [-0.05, 0) is 56.5 Å². The van der Waals surface area contributed by atoms with Gasteiger partial charge in [0.2, 0.25) is 0 Å². The Bertz CT molecular complexity index is 1440. The van der Waals surface area contributed by atoms with Gasteiger partial charge in [-0.15, -0.1) is 0 Å². The average Bonchev–Trinajstić information content (AvgIpc) is 3.30. The van der Waals surface area contributed by atoms with Crippen molar-refractivity contribution in [3.05, 3.63) is 59.2 Å². The third-order valence-corrected chi connectivity index (χ3v) is 8.38. The fourth-order valence-electron chi connectivity index (χ4n) is 4.71. The summed E-state index contributed by atoms with van der Waals surface area (Å²) in [5.74, 6) is -0.586. The second-order valence-corrected chi connectivity index (χ2v) is 11.5. The number of carbonyl (C=O) groups is 2. The van der Waals surface area contributed by atoms with Crippen molar-refractivity contribution in [3.8, 4) is 5.75 Å². The second-order valence-electron chi connectivity index (χ2n) is 9.82. The Hall–Kier alpha value is -3.14. The van der Waals surface area contributed by atoms with Crippen LogP contribution in [0, 0.1) is 6.92 Å². The first-order valence-corrected chi connectivity index (χ1v) is 14.1. The van der Waals surface area contributed by atoms with Gasteiger partial charge in [0.15, 0.2) is 5.13 Å². The highest BCUT2D eigenvalue weighted by Gasteiger charge is 2.37. The third kappa shape index (κ3) is 6.27.